The van der Waals surface area contributed by atoms with Crippen LogP contribution < -0.4 is 5.73 Å². The quantitative estimate of drug-likeness (QED) is 0.651. The molecule has 0 amide bonds. The highest BCUT2D eigenvalue weighted by Crippen LogP contribution is 2.18. The van der Waals surface area contributed by atoms with E-state index < -0.39 is 11.4 Å². The van der Waals surface area contributed by atoms with Gasteiger partial charge in [-0.05, 0) is 19.8 Å². The third-order valence-corrected chi connectivity index (χ3v) is 2.70. The second kappa shape index (κ2) is 6.91. The fourth-order valence-electron chi connectivity index (χ4n) is 1.65. The Morgan fingerprint density at radius 2 is 2.00 bits per heavy atom. The average Bonchev–Trinajstić information content (AvgIpc) is 2.12. The zero-order valence-corrected chi connectivity index (χ0v) is 12.0. The first kappa shape index (κ1) is 16.3. The number of nitrogens with two attached hydrogens (primary N) is 1. The third-order valence-electron chi connectivity index (χ3n) is 2.50. The molecule has 0 aliphatic rings. The molecule has 0 aromatic rings. The molecule has 17 heavy (non-hydrogen) atoms. The van der Waals surface area contributed by atoms with E-state index in [1.54, 1.807) is 13.8 Å². The van der Waals surface area contributed by atoms with Crippen LogP contribution in [0.4, 0.5) is 0 Å². The Morgan fingerprint density at radius 1 is 1.47 bits per heavy atom. The summed E-state index contributed by atoms with van der Waals surface area (Å²) in [7, 11) is 0. The molecule has 0 aliphatic heterocycles. The topological polar surface area (TPSA) is 66.6 Å². The van der Waals surface area contributed by atoms with Crippen LogP contribution in [-0.4, -0.2) is 40.6 Å². The summed E-state index contributed by atoms with van der Waals surface area (Å²) in [6.45, 7) is 9.81. The van der Waals surface area contributed by atoms with Gasteiger partial charge in [-0.3, -0.25) is 4.79 Å². The molecule has 0 aromatic carbocycles. The molecule has 100 valence electrons. The van der Waals surface area contributed by atoms with E-state index in [4.69, 9.17) is 23.1 Å². The first-order valence-corrected chi connectivity index (χ1v) is 6.30. The van der Waals surface area contributed by atoms with E-state index in [2.05, 4.69) is 18.7 Å². The van der Waals surface area contributed by atoms with E-state index in [9.17, 15) is 4.79 Å². The van der Waals surface area contributed by atoms with E-state index >= 15 is 0 Å². The number of carboxylic acids is 1. The van der Waals surface area contributed by atoms with Gasteiger partial charge in [-0.2, -0.15) is 0 Å². The zero-order chi connectivity index (χ0) is 13.6. The number of aliphatic carboxylic acids is 1. The minimum atomic E-state index is -0.776. The largest absolute Gasteiger partial charge is 0.481 e. The van der Waals surface area contributed by atoms with E-state index in [0.717, 1.165) is 13.1 Å². The van der Waals surface area contributed by atoms with Gasteiger partial charge in [-0.1, -0.05) is 26.1 Å². The van der Waals surface area contributed by atoms with Gasteiger partial charge in [0.25, 0.3) is 0 Å². The summed E-state index contributed by atoms with van der Waals surface area (Å²) in [6.07, 6.45) is 0.637. The number of hydrogen-bond donors (Lipinski definition) is 2. The van der Waals surface area contributed by atoms with Gasteiger partial charge in [0, 0.05) is 26.1 Å². The summed E-state index contributed by atoms with van der Waals surface area (Å²) < 4.78 is 0. The van der Waals surface area contributed by atoms with Crippen LogP contribution in [0.5, 0.6) is 0 Å². The Balaban J connectivity index is 4.47. The number of rotatable bonds is 8. The second-order valence-electron chi connectivity index (χ2n) is 5.53. The molecule has 5 heteroatoms. The first-order chi connectivity index (χ1) is 7.65. The van der Waals surface area contributed by atoms with Gasteiger partial charge in [0.15, 0.2) is 0 Å². The lowest BCUT2D eigenvalue weighted by molar-refractivity contribution is -0.148. The number of thiocarbonyl (C=S) groups is 1. The van der Waals surface area contributed by atoms with Crippen LogP contribution >= 0.6 is 12.2 Å². The van der Waals surface area contributed by atoms with Gasteiger partial charge < -0.3 is 15.7 Å². The van der Waals surface area contributed by atoms with Crippen molar-refractivity contribution in [1.29, 1.82) is 0 Å². The van der Waals surface area contributed by atoms with E-state index in [-0.39, 0.29) is 0 Å². The van der Waals surface area contributed by atoms with Gasteiger partial charge >= 0.3 is 5.97 Å². The maximum Gasteiger partial charge on any atom is 0.310 e. The van der Waals surface area contributed by atoms with Gasteiger partial charge in [-0.15, -0.1) is 0 Å². The summed E-state index contributed by atoms with van der Waals surface area (Å²) in [6, 6.07) is 0. The second-order valence-corrected chi connectivity index (χ2v) is 6.06. The standard InChI is InChI=1S/C12H24N2O2S/c1-9(2)7-14(6-5-10(13)17)8-12(3,4)11(15)16/h9H,5-8H2,1-4H3,(H2,13,17)(H,15,16). The molecule has 0 rings (SSSR count). The molecule has 0 heterocycles. The third kappa shape index (κ3) is 7.28. The Labute approximate surface area is 109 Å². The number of carbonyl (C=O) groups is 1. The molecule has 3 N–H and O–H groups in total. The lowest BCUT2D eigenvalue weighted by Crippen LogP contribution is -2.42. The van der Waals surface area contributed by atoms with E-state index in [0.29, 0.717) is 23.9 Å². The highest BCUT2D eigenvalue weighted by atomic mass is 32.1. The minimum Gasteiger partial charge on any atom is -0.481 e. The summed E-state index contributed by atoms with van der Waals surface area (Å²) >= 11 is 4.86. The molecular weight excluding hydrogens is 236 g/mol. The molecule has 0 fully saturated rings. The minimum absolute atomic E-state index is 0.479. The van der Waals surface area contributed by atoms with Crippen molar-refractivity contribution in [2.45, 2.75) is 34.1 Å². The molecule has 0 unspecified atom stereocenters. The fraction of sp³-hybridized carbons (Fsp3) is 0.833. The maximum atomic E-state index is 11.1. The van der Waals surface area contributed by atoms with Crippen LogP contribution in [0.1, 0.15) is 34.1 Å². The molecule has 0 radical (unpaired) electrons. The Morgan fingerprint density at radius 3 is 2.35 bits per heavy atom. The van der Waals surface area contributed by atoms with Gasteiger partial charge in [0.05, 0.1) is 10.4 Å². The average molecular weight is 260 g/mol. The molecule has 0 saturated carbocycles. The van der Waals surface area contributed by atoms with Crippen molar-refractivity contribution in [3.8, 4) is 0 Å². The predicted octanol–water partition coefficient (Wildman–Crippen LogP) is 1.73. The lowest BCUT2D eigenvalue weighted by Gasteiger charge is -2.30. The van der Waals surface area contributed by atoms with Crippen molar-refractivity contribution in [2.24, 2.45) is 17.1 Å². The zero-order valence-electron chi connectivity index (χ0n) is 11.2. The van der Waals surface area contributed by atoms with Crippen molar-refractivity contribution in [2.75, 3.05) is 19.6 Å². The summed E-state index contributed by atoms with van der Waals surface area (Å²) in [4.78, 5) is 13.7. The molecule has 4 nitrogen and oxygen atoms in total. The van der Waals surface area contributed by atoms with Crippen molar-refractivity contribution in [3.05, 3.63) is 0 Å². The van der Waals surface area contributed by atoms with Crippen LogP contribution in [0.25, 0.3) is 0 Å². The SMILES string of the molecule is CC(C)CN(CCC(N)=S)CC(C)(C)C(=O)O. The molecule has 0 bridgehead atoms. The lowest BCUT2D eigenvalue weighted by atomic mass is 9.92. The Hall–Kier alpha value is -0.680. The van der Waals surface area contributed by atoms with E-state index in [1.165, 1.54) is 0 Å². The van der Waals surface area contributed by atoms with Crippen LogP contribution in [0, 0.1) is 11.3 Å². The number of nitrogens with zero attached hydrogens (tertiary/aromatic N) is 1. The van der Waals surface area contributed by atoms with Crippen molar-refractivity contribution >= 4 is 23.2 Å². The molecule has 0 atom stereocenters. The predicted molar refractivity (Wildman–Crippen MR) is 74.1 cm³/mol. The monoisotopic (exact) mass is 260 g/mol. The first-order valence-electron chi connectivity index (χ1n) is 5.89. The van der Waals surface area contributed by atoms with Gasteiger partial charge in [-0.25, -0.2) is 0 Å². The molecule has 0 aliphatic carbocycles. The Bertz CT molecular complexity index is 278. The van der Waals surface area contributed by atoms with Crippen molar-refractivity contribution in [1.82, 2.24) is 4.90 Å². The van der Waals surface area contributed by atoms with Crippen LogP contribution in [-0.2, 0) is 4.79 Å². The van der Waals surface area contributed by atoms with Gasteiger partial charge in [0.1, 0.15) is 0 Å². The Kier molecular flexibility index (Phi) is 6.64. The summed E-state index contributed by atoms with van der Waals surface area (Å²) in [5, 5.41) is 9.12. The van der Waals surface area contributed by atoms with Crippen molar-refractivity contribution in [3.63, 3.8) is 0 Å². The molecule has 0 aromatic heterocycles. The summed E-state index contributed by atoms with van der Waals surface area (Å²) in [5.41, 5.74) is 4.74. The van der Waals surface area contributed by atoms with Crippen molar-refractivity contribution < 1.29 is 9.90 Å². The normalized spacial score (nSPS) is 12.1. The van der Waals surface area contributed by atoms with Gasteiger partial charge in [0.2, 0.25) is 0 Å². The van der Waals surface area contributed by atoms with Crippen LogP contribution in [0.3, 0.4) is 0 Å². The number of carboxylic acid groups (broad SMARTS) is 1. The van der Waals surface area contributed by atoms with E-state index in [1.807, 2.05) is 0 Å². The fourth-order valence-corrected chi connectivity index (χ4v) is 1.74. The number of hydrogen-bond acceptors (Lipinski definition) is 3. The molecular formula is C12H24N2O2S. The summed E-state index contributed by atoms with van der Waals surface area (Å²) in [5.74, 6) is -0.285. The van der Waals surface area contributed by atoms with Crippen LogP contribution in [0.2, 0.25) is 0 Å². The maximum absolute atomic E-state index is 11.1. The highest BCUT2D eigenvalue weighted by molar-refractivity contribution is 7.80. The smallest absolute Gasteiger partial charge is 0.310 e. The molecule has 0 spiro atoms. The van der Waals surface area contributed by atoms with Crippen LogP contribution in [0.15, 0.2) is 0 Å². The molecule has 0 saturated heterocycles. The highest BCUT2D eigenvalue weighted by Gasteiger charge is 2.29.